The van der Waals surface area contributed by atoms with Crippen LogP contribution >= 0.6 is 22.6 Å². The molecule has 0 radical (unpaired) electrons. The van der Waals surface area contributed by atoms with Gasteiger partial charge in [0.25, 0.3) is 0 Å². The third-order valence-corrected chi connectivity index (χ3v) is 3.26. The van der Waals surface area contributed by atoms with Crippen molar-refractivity contribution in [2.75, 3.05) is 12.4 Å². The summed E-state index contributed by atoms with van der Waals surface area (Å²) >= 11 is 2.19. The molecule has 2 rings (SSSR count). The molecule has 0 heterocycles. The molecular weight excluding hydrogens is 383 g/mol. The average molecular weight is 396 g/mol. The molecule has 0 aliphatic rings. The Bertz CT molecular complexity index is 624. The minimum absolute atomic E-state index is 0.638. The van der Waals surface area contributed by atoms with Gasteiger partial charge in [-0.2, -0.15) is 0 Å². The molecule has 5 nitrogen and oxygen atoms in total. The lowest BCUT2D eigenvalue weighted by Gasteiger charge is -2.02. The third-order valence-electron chi connectivity index (χ3n) is 2.54. The van der Waals surface area contributed by atoms with Gasteiger partial charge >= 0.3 is 6.09 Å². The van der Waals surface area contributed by atoms with Crippen molar-refractivity contribution in [2.24, 2.45) is 5.16 Å². The molecule has 0 spiro atoms. The lowest BCUT2D eigenvalue weighted by Crippen LogP contribution is -2.10. The molecule has 2 aromatic carbocycles. The van der Waals surface area contributed by atoms with Crippen LogP contribution in [0.1, 0.15) is 5.56 Å². The molecule has 0 unspecified atom stereocenters. The number of amides is 1. The maximum Gasteiger partial charge on any atom is 0.437 e. The maximum atomic E-state index is 11.5. The van der Waals surface area contributed by atoms with Gasteiger partial charge in [0.1, 0.15) is 5.75 Å². The Hall–Kier alpha value is -2.09. The van der Waals surface area contributed by atoms with E-state index in [1.165, 1.54) is 6.21 Å². The van der Waals surface area contributed by atoms with Gasteiger partial charge < -0.3 is 4.74 Å². The van der Waals surface area contributed by atoms with Gasteiger partial charge in [0.15, 0.2) is 0 Å². The molecule has 0 bridgehead atoms. The van der Waals surface area contributed by atoms with Gasteiger partial charge in [-0.1, -0.05) is 5.16 Å². The summed E-state index contributed by atoms with van der Waals surface area (Å²) in [7, 11) is 1.60. The first-order valence-electron chi connectivity index (χ1n) is 6.08. The van der Waals surface area contributed by atoms with E-state index in [9.17, 15) is 4.79 Å². The van der Waals surface area contributed by atoms with E-state index < -0.39 is 6.09 Å². The Morgan fingerprint density at radius 3 is 2.43 bits per heavy atom. The largest absolute Gasteiger partial charge is 0.497 e. The molecule has 1 amide bonds. The third kappa shape index (κ3) is 5.07. The molecule has 0 aliphatic heterocycles. The molecule has 21 heavy (non-hydrogen) atoms. The van der Waals surface area contributed by atoms with E-state index in [-0.39, 0.29) is 0 Å². The Morgan fingerprint density at radius 1 is 1.14 bits per heavy atom. The van der Waals surface area contributed by atoms with Gasteiger partial charge in [-0.3, -0.25) is 10.2 Å². The fourth-order valence-corrected chi connectivity index (χ4v) is 1.86. The smallest absolute Gasteiger partial charge is 0.437 e. The van der Waals surface area contributed by atoms with Crippen molar-refractivity contribution in [3.8, 4) is 5.75 Å². The fraction of sp³-hybridized carbons (Fsp3) is 0.0667. The summed E-state index contributed by atoms with van der Waals surface area (Å²) in [6.45, 7) is 0. The molecule has 0 saturated heterocycles. The highest BCUT2D eigenvalue weighted by atomic mass is 127. The van der Waals surface area contributed by atoms with Crippen molar-refractivity contribution in [2.45, 2.75) is 0 Å². The second kappa shape index (κ2) is 7.63. The molecule has 0 atom stereocenters. The minimum atomic E-state index is -0.638. The van der Waals surface area contributed by atoms with Gasteiger partial charge in [-0.05, 0) is 76.7 Å². The van der Waals surface area contributed by atoms with E-state index in [0.717, 1.165) is 14.9 Å². The summed E-state index contributed by atoms with van der Waals surface area (Å²) < 4.78 is 6.13. The molecule has 108 valence electrons. The van der Waals surface area contributed by atoms with E-state index in [2.05, 4.69) is 33.1 Å². The van der Waals surface area contributed by atoms with E-state index >= 15 is 0 Å². The van der Waals surface area contributed by atoms with Crippen LogP contribution in [0.3, 0.4) is 0 Å². The van der Waals surface area contributed by atoms with Crippen LogP contribution < -0.4 is 10.1 Å². The number of carbonyl (C=O) groups is 1. The number of oxime groups is 1. The summed E-state index contributed by atoms with van der Waals surface area (Å²) in [6.07, 6.45) is 0.813. The van der Waals surface area contributed by atoms with Crippen molar-refractivity contribution in [1.29, 1.82) is 0 Å². The molecule has 0 saturated carbocycles. The second-order valence-electron chi connectivity index (χ2n) is 4.02. The summed E-state index contributed by atoms with van der Waals surface area (Å²) in [6, 6.07) is 14.6. The van der Waals surface area contributed by atoms with Crippen LogP contribution in [0.2, 0.25) is 0 Å². The first kappa shape index (κ1) is 15.3. The lowest BCUT2D eigenvalue weighted by atomic mass is 10.2. The number of benzene rings is 2. The quantitative estimate of drug-likeness (QED) is 0.369. The van der Waals surface area contributed by atoms with Gasteiger partial charge in [-0.15, -0.1) is 0 Å². The highest BCUT2D eigenvalue weighted by molar-refractivity contribution is 14.1. The second-order valence-corrected chi connectivity index (χ2v) is 5.26. The van der Waals surface area contributed by atoms with Gasteiger partial charge in [0.2, 0.25) is 0 Å². The standard InChI is InChI=1S/C15H13IN2O3/c1-20-14-8-2-11(3-9-14)10-17-21-15(19)18-13-6-4-12(16)5-7-13/h2-10H,1H3,(H,18,19)/b17-10+. The maximum absolute atomic E-state index is 11.5. The zero-order chi connectivity index (χ0) is 15.1. The summed E-state index contributed by atoms with van der Waals surface area (Å²) in [5, 5.41) is 6.21. The molecule has 0 aromatic heterocycles. The molecular formula is C15H13IN2O3. The van der Waals surface area contributed by atoms with E-state index in [1.54, 1.807) is 31.4 Å². The Labute approximate surface area is 136 Å². The van der Waals surface area contributed by atoms with Crippen LogP contribution in [0.25, 0.3) is 0 Å². The van der Waals surface area contributed by atoms with Crippen LogP contribution in [-0.4, -0.2) is 19.4 Å². The number of ether oxygens (including phenoxy) is 1. The van der Waals surface area contributed by atoms with Crippen LogP contribution in [0.5, 0.6) is 5.75 Å². The number of halogens is 1. The van der Waals surface area contributed by atoms with E-state index in [1.807, 2.05) is 24.3 Å². The zero-order valence-electron chi connectivity index (χ0n) is 11.2. The Morgan fingerprint density at radius 2 is 1.81 bits per heavy atom. The Kier molecular flexibility index (Phi) is 5.56. The Balaban J connectivity index is 1.85. The zero-order valence-corrected chi connectivity index (χ0v) is 13.4. The summed E-state index contributed by atoms with van der Waals surface area (Å²) in [4.78, 5) is 16.2. The monoisotopic (exact) mass is 396 g/mol. The van der Waals surface area contributed by atoms with Crippen molar-refractivity contribution in [3.63, 3.8) is 0 Å². The molecule has 6 heteroatoms. The minimum Gasteiger partial charge on any atom is -0.497 e. The highest BCUT2D eigenvalue weighted by Crippen LogP contribution is 2.12. The number of anilines is 1. The average Bonchev–Trinajstić information content (AvgIpc) is 2.50. The van der Waals surface area contributed by atoms with Gasteiger partial charge in [0.05, 0.1) is 13.3 Å². The number of rotatable bonds is 4. The van der Waals surface area contributed by atoms with Crippen LogP contribution in [0.4, 0.5) is 10.5 Å². The number of methoxy groups -OCH3 is 1. The summed E-state index contributed by atoms with van der Waals surface area (Å²) in [5.41, 5.74) is 1.46. The number of hydrogen-bond acceptors (Lipinski definition) is 4. The van der Waals surface area contributed by atoms with Gasteiger partial charge in [0, 0.05) is 9.26 Å². The highest BCUT2D eigenvalue weighted by Gasteiger charge is 2.02. The fourth-order valence-electron chi connectivity index (χ4n) is 1.50. The SMILES string of the molecule is COc1ccc(/C=N/OC(=O)Nc2ccc(I)cc2)cc1. The number of nitrogens with zero attached hydrogens (tertiary/aromatic N) is 1. The predicted octanol–water partition coefficient (Wildman–Crippen LogP) is 3.88. The van der Waals surface area contributed by atoms with Crippen molar-refractivity contribution < 1.29 is 14.4 Å². The number of carbonyl (C=O) groups excluding carboxylic acids is 1. The molecule has 0 aliphatic carbocycles. The van der Waals surface area contributed by atoms with Crippen molar-refractivity contribution in [1.82, 2.24) is 0 Å². The van der Waals surface area contributed by atoms with E-state index in [4.69, 9.17) is 9.57 Å². The normalized spacial score (nSPS) is 10.4. The van der Waals surface area contributed by atoms with Crippen LogP contribution in [0.15, 0.2) is 53.7 Å². The van der Waals surface area contributed by atoms with E-state index in [0.29, 0.717) is 5.69 Å². The first-order valence-corrected chi connectivity index (χ1v) is 7.16. The van der Waals surface area contributed by atoms with Gasteiger partial charge in [-0.25, -0.2) is 4.79 Å². The lowest BCUT2D eigenvalue weighted by molar-refractivity contribution is 0.167. The summed E-state index contributed by atoms with van der Waals surface area (Å²) in [5.74, 6) is 0.754. The van der Waals surface area contributed by atoms with Crippen LogP contribution in [-0.2, 0) is 4.84 Å². The van der Waals surface area contributed by atoms with Crippen molar-refractivity contribution in [3.05, 3.63) is 57.7 Å². The topological polar surface area (TPSA) is 59.9 Å². The van der Waals surface area contributed by atoms with Crippen LogP contribution in [0, 0.1) is 3.57 Å². The predicted molar refractivity (Wildman–Crippen MR) is 89.9 cm³/mol. The molecule has 1 N–H and O–H groups in total. The number of nitrogens with one attached hydrogen (secondary N) is 1. The number of hydrogen-bond donors (Lipinski definition) is 1. The molecule has 0 fully saturated rings. The van der Waals surface area contributed by atoms with Crippen molar-refractivity contribution >= 4 is 40.6 Å². The molecule has 2 aromatic rings. The first-order chi connectivity index (χ1) is 10.2.